The van der Waals surface area contributed by atoms with Gasteiger partial charge in [-0.2, -0.15) is 0 Å². The summed E-state index contributed by atoms with van der Waals surface area (Å²) in [5.41, 5.74) is 0.682. The number of carboxylic acids is 1. The van der Waals surface area contributed by atoms with Crippen molar-refractivity contribution in [2.45, 2.75) is 25.8 Å². The van der Waals surface area contributed by atoms with Gasteiger partial charge in [0.15, 0.2) is 0 Å². The van der Waals surface area contributed by atoms with E-state index in [1.54, 1.807) is 18.2 Å². The van der Waals surface area contributed by atoms with Crippen LogP contribution in [0, 0.1) is 11.2 Å². The van der Waals surface area contributed by atoms with Crippen molar-refractivity contribution in [2.24, 2.45) is 5.41 Å². The highest BCUT2D eigenvalue weighted by Crippen LogP contribution is 2.32. The van der Waals surface area contributed by atoms with Crippen LogP contribution in [0.2, 0.25) is 5.02 Å². The SMILES string of the molecule is CC1(C(=O)O)C[C@@H](Cc2ccc(-c3cc(Cl)ccc3F)cc2)NC1=O. The van der Waals surface area contributed by atoms with E-state index < -0.39 is 17.3 Å². The Hall–Kier alpha value is -2.40. The van der Waals surface area contributed by atoms with Gasteiger partial charge < -0.3 is 10.4 Å². The van der Waals surface area contributed by atoms with Gasteiger partial charge in [0, 0.05) is 16.6 Å². The number of hydrogen-bond donors (Lipinski definition) is 2. The van der Waals surface area contributed by atoms with Crippen molar-refractivity contribution in [3.05, 3.63) is 58.9 Å². The zero-order chi connectivity index (χ0) is 18.2. The number of halogens is 2. The molecule has 2 atom stereocenters. The van der Waals surface area contributed by atoms with Gasteiger partial charge in [0.1, 0.15) is 11.2 Å². The molecule has 2 aromatic rings. The Morgan fingerprint density at radius 2 is 2.00 bits per heavy atom. The number of amides is 1. The first-order valence-corrected chi connectivity index (χ1v) is 8.26. The Morgan fingerprint density at radius 3 is 2.60 bits per heavy atom. The summed E-state index contributed by atoms with van der Waals surface area (Å²) < 4.78 is 13.9. The third-order valence-corrected chi connectivity index (χ3v) is 4.87. The van der Waals surface area contributed by atoms with Crippen LogP contribution in [-0.2, 0) is 16.0 Å². The Bertz CT molecular complexity index is 837. The molecule has 1 heterocycles. The fourth-order valence-corrected chi connectivity index (χ4v) is 3.28. The molecule has 4 nitrogen and oxygen atoms in total. The molecule has 0 bridgehead atoms. The predicted octanol–water partition coefficient (Wildman–Crippen LogP) is 3.67. The summed E-state index contributed by atoms with van der Waals surface area (Å²) in [6.07, 6.45) is 0.763. The molecule has 6 heteroatoms. The summed E-state index contributed by atoms with van der Waals surface area (Å²) in [4.78, 5) is 23.2. The minimum Gasteiger partial charge on any atom is -0.480 e. The molecule has 0 saturated carbocycles. The molecule has 0 aromatic heterocycles. The van der Waals surface area contributed by atoms with Crippen molar-refractivity contribution < 1.29 is 19.1 Å². The average Bonchev–Trinajstić information content (AvgIpc) is 2.86. The van der Waals surface area contributed by atoms with Crippen molar-refractivity contribution in [2.75, 3.05) is 0 Å². The molecule has 1 amide bonds. The zero-order valence-corrected chi connectivity index (χ0v) is 14.3. The van der Waals surface area contributed by atoms with Gasteiger partial charge in [-0.1, -0.05) is 35.9 Å². The third-order valence-electron chi connectivity index (χ3n) is 4.64. The molecule has 2 aromatic carbocycles. The normalized spacial score (nSPS) is 22.7. The maximum absolute atomic E-state index is 13.9. The standard InChI is InChI=1S/C19H17ClFNO3/c1-19(18(24)25)10-14(22-17(19)23)8-11-2-4-12(5-3-11)15-9-13(20)6-7-16(15)21/h2-7,9,14H,8,10H2,1H3,(H,22,23)(H,24,25)/t14-,19?/m1/s1. The minimum atomic E-state index is -1.38. The van der Waals surface area contributed by atoms with Crippen LogP contribution in [0.4, 0.5) is 4.39 Å². The van der Waals surface area contributed by atoms with E-state index >= 15 is 0 Å². The van der Waals surface area contributed by atoms with E-state index in [9.17, 15) is 19.1 Å². The van der Waals surface area contributed by atoms with Crippen LogP contribution in [0.15, 0.2) is 42.5 Å². The molecule has 1 fully saturated rings. The number of hydrogen-bond acceptors (Lipinski definition) is 2. The largest absolute Gasteiger partial charge is 0.480 e. The maximum Gasteiger partial charge on any atom is 0.318 e. The van der Waals surface area contributed by atoms with Gasteiger partial charge in [0.05, 0.1) is 0 Å². The molecule has 130 valence electrons. The number of carboxylic acid groups (broad SMARTS) is 1. The molecule has 2 N–H and O–H groups in total. The topological polar surface area (TPSA) is 66.4 Å². The van der Waals surface area contributed by atoms with Crippen LogP contribution in [0.1, 0.15) is 18.9 Å². The minimum absolute atomic E-state index is 0.234. The van der Waals surface area contributed by atoms with Crippen molar-refractivity contribution >= 4 is 23.5 Å². The fraction of sp³-hybridized carbons (Fsp3) is 0.263. The quantitative estimate of drug-likeness (QED) is 0.816. The van der Waals surface area contributed by atoms with Crippen LogP contribution in [-0.4, -0.2) is 23.0 Å². The molecule has 25 heavy (non-hydrogen) atoms. The summed E-state index contributed by atoms with van der Waals surface area (Å²) in [5, 5.41) is 12.4. The Kier molecular flexibility index (Phi) is 4.52. The first-order chi connectivity index (χ1) is 11.8. The smallest absolute Gasteiger partial charge is 0.318 e. The summed E-state index contributed by atoms with van der Waals surface area (Å²) in [6, 6.07) is 11.4. The second-order valence-corrected chi connectivity index (χ2v) is 6.97. The van der Waals surface area contributed by atoms with Crippen LogP contribution in [0.25, 0.3) is 11.1 Å². The molecule has 0 spiro atoms. The van der Waals surface area contributed by atoms with Crippen molar-refractivity contribution in [3.63, 3.8) is 0 Å². The van der Waals surface area contributed by atoms with E-state index in [2.05, 4.69) is 5.32 Å². The Morgan fingerprint density at radius 1 is 1.32 bits per heavy atom. The van der Waals surface area contributed by atoms with Gasteiger partial charge in [0.2, 0.25) is 5.91 Å². The number of aliphatic carboxylic acids is 1. The Labute approximate surface area is 149 Å². The van der Waals surface area contributed by atoms with Gasteiger partial charge in [-0.3, -0.25) is 9.59 Å². The summed E-state index contributed by atoms with van der Waals surface area (Å²) in [6.45, 7) is 1.44. The second-order valence-electron chi connectivity index (χ2n) is 6.54. The summed E-state index contributed by atoms with van der Waals surface area (Å²) in [7, 11) is 0. The summed E-state index contributed by atoms with van der Waals surface area (Å²) >= 11 is 5.92. The number of carbonyl (C=O) groups is 2. The van der Waals surface area contributed by atoms with Crippen molar-refractivity contribution in [3.8, 4) is 11.1 Å². The van der Waals surface area contributed by atoms with Crippen molar-refractivity contribution in [1.29, 1.82) is 0 Å². The van der Waals surface area contributed by atoms with E-state index in [1.165, 1.54) is 19.1 Å². The molecular weight excluding hydrogens is 345 g/mol. The van der Waals surface area contributed by atoms with E-state index in [0.717, 1.165) is 5.56 Å². The first-order valence-electron chi connectivity index (χ1n) is 7.88. The van der Waals surface area contributed by atoms with E-state index in [-0.39, 0.29) is 18.3 Å². The molecule has 0 radical (unpaired) electrons. The lowest BCUT2D eigenvalue weighted by Crippen LogP contribution is -2.36. The number of carbonyl (C=O) groups excluding carboxylic acids is 1. The molecule has 1 aliphatic heterocycles. The van der Waals surface area contributed by atoms with Crippen molar-refractivity contribution in [1.82, 2.24) is 5.32 Å². The van der Waals surface area contributed by atoms with E-state index in [4.69, 9.17) is 11.6 Å². The van der Waals surface area contributed by atoms with Gasteiger partial charge in [0.25, 0.3) is 0 Å². The highest BCUT2D eigenvalue weighted by molar-refractivity contribution is 6.30. The van der Waals surface area contributed by atoms with Crippen LogP contribution >= 0.6 is 11.6 Å². The average molecular weight is 362 g/mol. The summed E-state index contributed by atoms with van der Waals surface area (Å²) in [5.74, 6) is -1.92. The highest BCUT2D eigenvalue weighted by atomic mass is 35.5. The van der Waals surface area contributed by atoms with Crippen LogP contribution < -0.4 is 5.32 Å². The molecule has 3 rings (SSSR count). The fourth-order valence-electron chi connectivity index (χ4n) is 3.11. The second kappa shape index (κ2) is 6.48. The molecule has 1 unspecified atom stereocenters. The lowest BCUT2D eigenvalue weighted by molar-refractivity contribution is -0.152. The molecular formula is C19H17ClFNO3. The maximum atomic E-state index is 13.9. The van der Waals surface area contributed by atoms with Crippen LogP contribution in [0.5, 0.6) is 0 Å². The lowest BCUT2D eigenvalue weighted by atomic mass is 9.86. The molecule has 1 saturated heterocycles. The lowest BCUT2D eigenvalue weighted by Gasteiger charge is -2.14. The van der Waals surface area contributed by atoms with Gasteiger partial charge in [-0.15, -0.1) is 0 Å². The highest BCUT2D eigenvalue weighted by Gasteiger charge is 2.48. The monoisotopic (exact) mass is 361 g/mol. The van der Waals surface area contributed by atoms with E-state index in [1.807, 2.05) is 12.1 Å². The number of rotatable bonds is 4. The predicted molar refractivity (Wildman–Crippen MR) is 92.8 cm³/mol. The number of nitrogens with one attached hydrogen (secondary N) is 1. The Balaban J connectivity index is 1.75. The van der Waals surface area contributed by atoms with E-state index in [0.29, 0.717) is 22.6 Å². The van der Waals surface area contributed by atoms with Gasteiger partial charge >= 0.3 is 5.97 Å². The first kappa shape index (κ1) is 17.4. The van der Waals surface area contributed by atoms with Crippen LogP contribution in [0.3, 0.4) is 0 Å². The number of benzene rings is 2. The van der Waals surface area contributed by atoms with Gasteiger partial charge in [-0.25, -0.2) is 4.39 Å². The van der Waals surface area contributed by atoms with Gasteiger partial charge in [-0.05, 0) is 49.1 Å². The zero-order valence-electron chi connectivity index (χ0n) is 13.6. The third kappa shape index (κ3) is 3.37. The molecule has 1 aliphatic rings. The molecule has 0 aliphatic carbocycles.